The van der Waals surface area contributed by atoms with Gasteiger partial charge in [0.2, 0.25) is 0 Å². The van der Waals surface area contributed by atoms with Crippen molar-refractivity contribution >= 4 is 0 Å². The molecule has 1 atom stereocenters. The number of nitrogens with one attached hydrogen (secondary N) is 1. The number of hydrogen-bond donors (Lipinski definition) is 1. The molecule has 0 saturated heterocycles. The van der Waals surface area contributed by atoms with Crippen LogP contribution in [0.25, 0.3) is 0 Å². The summed E-state index contributed by atoms with van der Waals surface area (Å²) in [6, 6.07) is 0.610. The van der Waals surface area contributed by atoms with Crippen LogP contribution in [-0.2, 0) is 4.74 Å². The van der Waals surface area contributed by atoms with Gasteiger partial charge in [0.15, 0.2) is 0 Å². The Hall–Kier alpha value is -0.120. The van der Waals surface area contributed by atoms with Crippen molar-refractivity contribution in [2.45, 2.75) is 64.5 Å². The Labute approximate surface area is 113 Å². The summed E-state index contributed by atoms with van der Waals surface area (Å²) in [5, 5.41) is 3.50. The summed E-state index contributed by atoms with van der Waals surface area (Å²) in [7, 11) is 4.25. The van der Waals surface area contributed by atoms with Crippen LogP contribution < -0.4 is 5.32 Å². The quantitative estimate of drug-likeness (QED) is 0.740. The van der Waals surface area contributed by atoms with Crippen LogP contribution >= 0.6 is 0 Å². The number of hydrogen-bond acceptors (Lipinski definition) is 3. The Morgan fingerprint density at radius 3 is 2.33 bits per heavy atom. The van der Waals surface area contributed by atoms with E-state index in [1.165, 1.54) is 32.1 Å². The van der Waals surface area contributed by atoms with Crippen molar-refractivity contribution in [3.8, 4) is 0 Å². The zero-order chi connectivity index (χ0) is 13.6. The van der Waals surface area contributed by atoms with Crippen LogP contribution in [0.2, 0.25) is 0 Å². The predicted molar refractivity (Wildman–Crippen MR) is 77.8 cm³/mol. The maximum Gasteiger partial charge on any atom is 0.0995 e. The monoisotopic (exact) mass is 256 g/mol. The molecule has 3 heteroatoms. The van der Waals surface area contributed by atoms with Crippen molar-refractivity contribution in [1.29, 1.82) is 0 Å². The molecule has 0 unspecified atom stereocenters. The lowest BCUT2D eigenvalue weighted by molar-refractivity contribution is -0.0591. The SMILES string of the molecule is CN[C@H](CN(C)COC(C)(C)C)C1CCCCC1. The van der Waals surface area contributed by atoms with Gasteiger partial charge in [0.1, 0.15) is 0 Å². The fourth-order valence-corrected chi connectivity index (χ4v) is 2.70. The topological polar surface area (TPSA) is 24.5 Å². The van der Waals surface area contributed by atoms with Crippen molar-refractivity contribution in [3.63, 3.8) is 0 Å². The zero-order valence-electron chi connectivity index (χ0n) is 13.0. The normalized spacial score (nSPS) is 20.3. The Kier molecular flexibility index (Phi) is 6.61. The summed E-state index contributed by atoms with van der Waals surface area (Å²) < 4.78 is 5.82. The summed E-state index contributed by atoms with van der Waals surface area (Å²) in [6.07, 6.45) is 7.02. The lowest BCUT2D eigenvalue weighted by atomic mass is 9.84. The molecule has 0 bridgehead atoms. The third kappa shape index (κ3) is 6.17. The molecule has 1 aliphatic rings. The molecule has 0 amide bonds. The van der Waals surface area contributed by atoms with Gasteiger partial charge in [-0.15, -0.1) is 0 Å². The summed E-state index contributed by atoms with van der Waals surface area (Å²) in [5.41, 5.74) is -0.0474. The second-order valence-corrected chi connectivity index (χ2v) is 6.72. The second-order valence-electron chi connectivity index (χ2n) is 6.72. The van der Waals surface area contributed by atoms with Gasteiger partial charge in [-0.1, -0.05) is 19.3 Å². The van der Waals surface area contributed by atoms with Crippen molar-refractivity contribution < 1.29 is 4.74 Å². The zero-order valence-corrected chi connectivity index (χ0v) is 13.0. The van der Waals surface area contributed by atoms with Gasteiger partial charge in [0, 0.05) is 12.6 Å². The van der Waals surface area contributed by atoms with E-state index in [-0.39, 0.29) is 5.60 Å². The van der Waals surface area contributed by atoms with E-state index >= 15 is 0 Å². The molecule has 0 aliphatic heterocycles. The van der Waals surface area contributed by atoms with Crippen LogP contribution in [0.4, 0.5) is 0 Å². The standard InChI is InChI=1S/C15H32N2O/c1-15(2,3)18-12-17(5)11-14(16-4)13-9-7-6-8-10-13/h13-14,16H,6-12H2,1-5H3/t14-/m1/s1. The highest BCUT2D eigenvalue weighted by atomic mass is 16.5. The highest BCUT2D eigenvalue weighted by Gasteiger charge is 2.23. The highest BCUT2D eigenvalue weighted by molar-refractivity contribution is 4.80. The van der Waals surface area contributed by atoms with E-state index in [9.17, 15) is 0 Å². The first kappa shape index (κ1) is 15.9. The first-order valence-electron chi connectivity index (χ1n) is 7.42. The fourth-order valence-electron chi connectivity index (χ4n) is 2.70. The van der Waals surface area contributed by atoms with E-state index in [1.54, 1.807) is 0 Å². The molecular weight excluding hydrogens is 224 g/mol. The molecule has 1 aliphatic carbocycles. The molecule has 0 spiro atoms. The molecule has 3 nitrogen and oxygen atoms in total. The van der Waals surface area contributed by atoms with E-state index in [2.05, 4.69) is 45.1 Å². The maximum atomic E-state index is 5.82. The Morgan fingerprint density at radius 2 is 1.83 bits per heavy atom. The van der Waals surface area contributed by atoms with E-state index in [1.807, 2.05) is 0 Å². The van der Waals surface area contributed by atoms with Crippen LogP contribution in [-0.4, -0.2) is 43.9 Å². The van der Waals surface area contributed by atoms with Crippen LogP contribution in [0.3, 0.4) is 0 Å². The number of ether oxygens (including phenoxy) is 1. The van der Waals surface area contributed by atoms with E-state index in [4.69, 9.17) is 4.74 Å². The molecule has 1 fully saturated rings. The van der Waals surface area contributed by atoms with Gasteiger partial charge in [-0.05, 0) is 53.6 Å². The lowest BCUT2D eigenvalue weighted by Crippen LogP contribution is -2.44. The van der Waals surface area contributed by atoms with Crippen molar-refractivity contribution in [3.05, 3.63) is 0 Å². The van der Waals surface area contributed by atoms with Crippen molar-refractivity contribution in [2.75, 3.05) is 27.4 Å². The average Bonchev–Trinajstić information content (AvgIpc) is 2.33. The van der Waals surface area contributed by atoms with Gasteiger partial charge in [-0.25, -0.2) is 0 Å². The van der Waals surface area contributed by atoms with Crippen LogP contribution in [0.15, 0.2) is 0 Å². The average molecular weight is 256 g/mol. The van der Waals surface area contributed by atoms with Crippen LogP contribution in [0.5, 0.6) is 0 Å². The summed E-state index contributed by atoms with van der Waals surface area (Å²) >= 11 is 0. The first-order valence-corrected chi connectivity index (χ1v) is 7.42. The van der Waals surface area contributed by atoms with Crippen molar-refractivity contribution in [2.24, 2.45) is 5.92 Å². The summed E-state index contributed by atoms with van der Waals surface area (Å²) in [5.74, 6) is 0.848. The molecule has 0 aromatic carbocycles. The molecule has 0 aromatic heterocycles. The lowest BCUT2D eigenvalue weighted by Gasteiger charge is -2.33. The molecule has 1 saturated carbocycles. The minimum Gasteiger partial charge on any atom is -0.361 e. The molecule has 0 aromatic rings. The van der Waals surface area contributed by atoms with E-state index in [0.717, 1.165) is 12.5 Å². The third-order valence-electron chi connectivity index (χ3n) is 3.82. The largest absolute Gasteiger partial charge is 0.361 e. The van der Waals surface area contributed by atoms with Crippen LogP contribution in [0.1, 0.15) is 52.9 Å². The van der Waals surface area contributed by atoms with E-state index < -0.39 is 0 Å². The van der Waals surface area contributed by atoms with Crippen molar-refractivity contribution in [1.82, 2.24) is 10.2 Å². The fraction of sp³-hybridized carbons (Fsp3) is 1.00. The Bertz CT molecular complexity index is 219. The third-order valence-corrected chi connectivity index (χ3v) is 3.82. The summed E-state index contributed by atoms with van der Waals surface area (Å²) in [6.45, 7) is 8.12. The molecule has 108 valence electrons. The van der Waals surface area contributed by atoms with Gasteiger partial charge < -0.3 is 10.1 Å². The smallest absolute Gasteiger partial charge is 0.0995 e. The summed E-state index contributed by atoms with van der Waals surface area (Å²) in [4.78, 5) is 2.29. The van der Waals surface area contributed by atoms with Gasteiger partial charge in [-0.3, -0.25) is 4.90 Å². The number of nitrogens with zero attached hydrogens (tertiary/aromatic N) is 1. The first-order chi connectivity index (χ1) is 8.42. The second kappa shape index (κ2) is 7.46. The van der Waals surface area contributed by atoms with E-state index in [0.29, 0.717) is 12.8 Å². The van der Waals surface area contributed by atoms with Gasteiger partial charge >= 0.3 is 0 Å². The minimum atomic E-state index is -0.0474. The molecule has 1 rings (SSSR count). The molecule has 0 radical (unpaired) electrons. The predicted octanol–water partition coefficient (Wildman–Crippen LogP) is 2.86. The molecule has 0 heterocycles. The molecule has 18 heavy (non-hydrogen) atoms. The minimum absolute atomic E-state index is 0.0474. The highest BCUT2D eigenvalue weighted by Crippen LogP contribution is 2.26. The Balaban J connectivity index is 2.32. The number of rotatable bonds is 6. The van der Waals surface area contributed by atoms with Gasteiger partial charge in [0.05, 0.1) is 12.3 Å². The molecular formula is C15H32N2O. The molecule has 1 N–H and O–H groups in total. The van der Waals surface area contributed by atoms with Gasteiger partial charge in [-0.2, -0.15) is 0 Å². The number of likely N-dealkylation sites (N-methyl/N-ethyl adjacent to an activating group) is 2. The van der Waals surface area contributed by atoms with Crippen LogP contribution in [0, 0.1) is 5.92 Å². The maximum absolute atomic E-state index is 5.82. The Morgan fingerprint density at radius 1 is 1.22 bits per heavy atom. The van der Waals surface area contributed by atoms with Gasteiger partial charge in [0.25, 0.3) is 0 Å².